The molecule has 1 saturated heterocycles. The van der Waals surface area contributed by atoms with Crippen molar-refractivity contribution < 1.29 is 0 Å². The van der Waals surface area contributed by atoms with Crippen molar-refractivity contribution in [3.63, 3.8) is 0 Å². The number of hydrogen-bond donors (Lipinski definition) is 0. The first kappa shape index (κ1) is 17.4. The molecule has 1 atom stereocenters. The Morgan fingerprint density at radius 2 is 1.30 bits per heavy atom. The number of fused-ring (bicyclic) bond motifs is 3. The first-order chi connectivity index (χ1) is 13.2. The summed E-state index contributed by atoms with van der Waals surface area (Å²) in [6, 6.07) is 32.3. The summed E-state index contributed by atoms with van der Waals surface area (Å²) >= 11 is 0. The molecule has 3 aromatic rings. The number of rotatable bonds is 2. The number of nitrogens with zero attached hydrogens (tertiary/aromatic N) is 1. The molecule has 2 aliphatic heterocycles. The normalized spacial score (nSPS) is 24.5. The SMILES string of the molecule is C[PH]1(C)CCCN2c3ccccc3[PH](c3ccccc3)(c3ccccc3)[C@@H]21. The molecule has 3 heteroatoms. The van der Waals surface area contributed by atoms with Crippen LogP contribution in [-0.2, 0) is 0 Å². The van der Waals surface area contributed by atoms with E-state index in [1.54, 1.807) is 15.9 Å². The average Bonchev–Trinajstić information content (AvgIpc) is 3.02. The Bertz CT molecular complexity index is 913. The van der Waals surface area contributed by atoms with Gasteiger partial charge >= 0.3 is 164 Å². The van der Waals surface area contributed by atoms with Crippen molar-refractivity contribution in [1.82, 2.24) is 0 Å². The van der Waals surface area contributed by atoms with Gasteiger partial charge in [-0.05, 0) is 0 Å². The van der Waals surface area contributed by atoms with Crippen molar-refractivity contribution in [3.05, 3.63) is 84.9 Å². The Balaban J connectivity index is 1.91. The summed E-state index contributed by atoms with van der Waals surface area (Å²) in [5, 5.41) is 4.80. The van der Waals surface area contributed by atoms with Crippen molar-refractivity contribution in [2.75, 3.05) is 30.9 Å². The van der Waals surface area contributed by atoms with Crippen molar-refractivity contribution in [2.45, 2.75) is 11.9 Å². The summed E-state index contributed by atoms with van der Waals surface area (Å²) in [5.41, 5.74) is 2.21. The van der Waals surface area contributed by atoms with Crippen molar-refractivity contribution in [3.8, 4) is 0 Å². The third-order valence-electron chi connectivity index (χ3n) is 6.78. The van der Waals surface area contributed by atoms with Gasteiger partial charge in [-0.25, -0.2) is 0 Å². The Labute approximate surface area is 164 Å². The molecule has 0 N–H and O–H groups in total. The summed E-state index contributed by atoms with van der Waals surface area (Å²) < 4.78 is 0. The van der Waals surface area contributed by atoms with E-state index in [0.29, 0.717) is 5.52 Å². The van der Waals surface area contributed by atoms with Gasteiger partial charge in [0.25, 0.3) is 0 Å². The molecule has 140 valence electrons. The van der Waals surface area contributed by atoms with E-state index in [9.17, 15) is 0 Å². The van der Waals surface area contributed by atoms with E-state index >= 15 is 0 Å². The molecule has 5 rings (SSSR count). The van der Waals surface area contributed by atoms with Gasteiger partial charge in [0.15, 0.2) is 0 Å². The predicted octanol–water partition coefficient (Wildman–Crippen LogP) is 4.23. The molecule has 0 bridgehead atoms. The molecule has 3 aromatic carbocycles. The summed E-state index contributed by atoms with van der Waals surface area (Å²) in [6.07, 6.45) is 2.79. The summed E-state index contributed by atoms with van der Waals surface area (Å²) in [7, 11) is -3.55. The zero-order valence-corrected chi connectivity index (χ0v) is 18.2. The van der Waals surface area contributed by atoms with Crippen LogP contribution in [0, 0.1) is 0 Å². The van der Waals surface area contributed by atoms with Gasteiger partial charge in [-0.3, -0.25) is 0 Å². The first-order valence-electron chi connectivity index (χ1n) is 10.1. The van der Waals surface area contributed by atoms with Crippen molar-refractivity contribution >= 4 is 36.1 Å². The molecule has 0 aliphatic carbocycles. The van der Waals surface area contributed by atoms with E-state index in [0.717, 1.165) is 0 Å². The maximum absolute atomic E-state index is 2.83. The molecule has 0 aromatic heterocycles. The van der Waals surface area contributed by atoms with Crippen LogP contribution in [0.2, 0.25) is 0 Å². The van der Waals surface area contributed by atoms with Crippen LogP contribution >= 0.6 is 14.5 Å². The van der Waals surface area contributed by atoms with Crippen LogP contribution in [0.25, 0.3) is 0 Å². The van der Waals surface area contributed by atoms with E-state index in [1.165, 1.54) is 24.8 Å². The van der Waals surface area contributed by atoms with Crippen molar-refractivity contribution in [1.29, 1.82) is 0 Å². The van der Waals surface area contributed by atoms with Gasteiger partial charge in [-0.15, -0.1) is 0 Å². The second-order valence-electron chi connectivity index (χ2n) is 8.75. The molecule has 1 nitrogen and oxygen atoms in total. The van der Waals surface area contributed by atoms with E-state index < -0.39 is 14.5 Å². The molecule has 0 saturated carbocycles. The number of anilines is 1. The van der Waals surface area contributed by atoms with Crippen LogP contribution in [0.15, 0.2) is 84.9 Å². The molecule has 1 fully saturated rings. The van der Waals surface area contributed by atoms with E-state index in [2.05, 4.69) is 103 Å². The molecule has 0 amide bonds. The minimum atomic E-state index is -2.12. The van der Waals surface area contributed by atoms with Crippen LogP contribution in [0.5, 0.6) is 0 Å². The summed E-state index contributed by atoms with van der Waals surface area (Å²) in [6.45, 7) is 6.50. The Morgan fingerprint density at radius 1 is 0.741 bits per heavy atom. The minimum absolute atomic E-state index is 0.695. The van der Waals surface area contributed by atoms with Crippen LogP contribution in [0.4, 0.5) is 5.69 Å². The quantitative estimate of drug-likeness (QED) is 0.589. The van der Waals surface area contributed by atoms with Crippen molar-refractivity contribution in [2.24, 2.45) is 0 Å². The van der Waals surface area contributed by atoms with Crippen LogP contribution in [0.3, 0.4) is 0 Å². The van der Waals surface area contributed by atoms with Gasteiger partial charge in [0, 0.05) is 0 Å². The molecule has 2 heterocycles. The Morgan fingerprint density at radius 3 is 1.93 bits per heavy atom. The second kappa shape index (κ2) is 6.44. The fourth-order valence-electron chi connectivity index (χ4n) is 5.87. The van der Waals surface area contributed by atoms with E-state index in [-0.39, 0.29) is 0 Å². The zero-order valence-electron chi connectivity index (χ0n) is 16.2. The van der Waals surface area contributed by atoms with Gasteiger partial charge in [0.1, 0.15) is 0 Å². The first-order valence-corrected chi connectivity index (χ1v) is 15.5. The fourth-order valence-corrected chi connectivity index (χ4v) is 20.0. The maximum atomic E-state index is 2.83. The topological polar surface area (TPSA) is 3.24 Å². The van der Waals surface area contributed by atoms with Gasteiger partial charge in [-0.1, -0.05) is 0 Å². The van der Waals surface area contributed by atoms with Gasteiger partial charge < -0.3 is 0 Å². The molecular weight excluding hydrogens is 364 g/mol. The molecule has 0 unspecified atom stereocenters. The van der Waals surface area contributed by atoms with Gasteiger partial charge in [0.05, 0.1) is 0 Å². The Kier molecular flexibility index (Phi) is 4.15. The average molecular weight is 393 g/mol. The summed E-state index contributed by atoms with van der Waals surface area (Å²) in [5.74, 6) is 0. The zero-order chi connectivity index (χ0) is 18.5. The molecule has 2 aliphatic rings. The third kappa shape index (κ3) is 2.45. The summed E-state index contributed by atoms with van der Waals surface area (Å²) in [4.78, 5) is 2.83. The third-order valence-corrected chi connectivity index (χ3v) is 18.7. The predicted molar refractivity (Wildman–Crippen MR) is 127 cm³/mol. The van der Waals surface area contributed by atoms with Gasteiger partial charge in [-0.2, -0.15) is 0 Å². The standard InChI is InChI=1S/C24H29NP2/c1-26(2)19-11-18-25-22-16-9-10-17-23(22)27(24(25)26,20-12-5-3-6-13-20)21-14-7-4-8-15-21/h3-10,12-17,24,26-27H,11,18-19H2,1-2H3/t24-/m0/s1. The molecule has 0 spiro atoms. The van der Waals surface area contributed by atoms with Crippen LogP contribution in [-0.4, -0.2) is 31.6 Å². The molecule has 0 radical (unpaired) electrons. The fraction of sp³-hybridized carbons (Fsp3) is 0.250. The van der Waals surface area contributed by atoms with Crippen LogP contribution in [0.1, 0.15) is 6.42 Å². The van der Waals surface area contributed by atoms with Gasteiger partial charge in [0.2, 0.25) is 0 Å². The van der Waals surface area contributed by atoms with E-state index in [1.807, 2.05) is 0 Å². The number of hydrogen-bond acceptors (Lipinski definition) is 1. The Hall–Kier alpha value is -1.68. The number of benzene rings is 3. The molecular formula is C24H29NP2. The second-order valence-corrected chi connectivity index (χ2v) is 18.2. The monoisotopic (exact) mass is 393 g/mol. The number of para-hydroxylation sites is 1. The molecule has 27 heavy (non-hydrogen) atoms. The van der Waals surface area contributed by atoms with E-state index in [4.69, 9.17) is 0 Å². The van der Waals surface area contributed by atoms with Crippen LogP contribution < -0.4 is 20.8 Å².